The van der Waals surface area contributed by atoms with Crippen LogP contribution in [0, 0.1) is 5.82 Å². The van der Waals surface area contributed by atoms with E-state index in [0.29, 0.717) is 10.8 Å². The van der Waals surface area contributed by atoms with Crippen LogP contribution in [-0.2, 0) is 18.0 Å². The molecular formula is C36H28FNO6. The zero-order chi connectivity index (χ0) is 30.8. The lowest BCUT2D eigenvalue weighted by Gasteiger charge is -2.17. The van der Waals surface area contributed by atoms with Crippen molar-refractivity contribution in [1.29, 1.82) is 0 Å². The minimum Gasteiger partial charge on any atom is -0.487 e. The van der Waals surface area contributed by atoms with E-state index in [2.05, 4.69) is 0 Å². The van der Waals surface area contributed by atoms with Crippen LogP contribution in [0.15, 0.2) is 103 Å². The fraction of sp³-hybridized carbons (Fsp3) is 0.139. The first-order valence-corrected chi connectivity index (χ1v) is 14.2. The van der Waals surface area contributed by atoms with Crippen molar-refractivity contribution >= 4 is 34.2 Å². The smallest absolute Gasteiger partial charge is 0.311 e. The van der Waals surface area contributed by atoms with Gasteiger partial charge in [-0.25, -0.2) is 9.29 Å². The molecule has 5 aromatic rings. The normalized spacial score (nSPS) is 13.2. The van der Waals surface area contributed by atoms with Crippen molar-refractivity contribution in [1.82, 2.24) is 0 Å². The Balaban J connectivity index is 1.49. The molecule has 1 aliphatic heterocycles. The maximum Gasteiger partial charge on any atom is 0.311 e. The SMILES string of the molecule is CCC(C(=O)O)c1ccc(N2C(=O)c3c(c(OCc4ccccc4)c4ccccc4c3OCc3ccccc3)C2=O)cc1F. The van der Waals surface area contributed by atoms with Gasteiger partial charge < -0.3 is 14.6 Å². The molecule has 0 saturated heterocycles. The molecule has 0 spiro atoms. The molecule has 0 bridgehead atoms. The molecule has 1 heterocycles. The number of aliphatic carboxylic acids is 1. The number of benzene rings is 5. The maximum absolute atomic E-state index is 15.3. The zero-order valence-electron chi connectivity index (χ0n) is 23.8. The van der Waals surface area contributed by atoms with E-state index >= 15 is 4.39 Å². The molecule has 0 saturated carbocycles. The van der Waals surface area contributed by atoms with Crippen LogP contribution in [0.25, 0.3) is 10.8 Å². The van der Waals surface area contributed by atoms with Gasteiger partial charge in [0, 0.05) is 16.3 Å². The second-order valence-corrected chi connectivity index (χ2v) is 10.5. The summed E-state index contributed by atoms with van der Waals surface area (Å²) in [5.74, 6) is -3.98. The lowest BCUT2D eigenvalue weighted by molar-refractivity contribution is -0.138. The first kappa shape index (κ1) is 28.6. The zero-order valence-corrected chi connectivity index (χ0v) is 23.8. The third-order valence-corrected chi connectivity index (χ3v) is 7.73. The number of nitrogens with zero attached hydrogens (tertiary/aromatic N) is 1. The number of carbonyl (C=O) groups excluding carboxylic acids is 2. The maximum atomic E-state index is 15.3. The minimum absolute atomic E-state index is 0.0224. The molecular weight excluding hydrogens is 561 g/mol. The van der Waals surface area contributed by atoms with E-state index in [4.69, 9.17) is 9.47 Å². The van der Waals surface area contributed by atoms with Gasteiger partial charge in [0.25, 0.3) is 11.8 Å². The predicted octanol–water partition coefficient (Wildman–Crippen LogP) is 7.52. The molecule has 5 aromatic carbocycles. The van der Waals surface area contributed by atoms with Crippen molar-refractivity contribution < 1.29 is 33.4 Å². The number of fused-ring (bicyclic) bond motifs is 2. The monoisotopic (exact) mass is 589 g/mol. The molecule has 44 heavy (non-hydrogen) atoms. The van der Waals surface area contributed by atoms with Gasteiger partial charge >= 0.3 is 5.97 Å². The Bertz CT molecular complexity index is 1790. The summed E-state index contributed by atoms with van der Waals surface area (Å²) in [6, 6.07) is 29.8. The van der Waals surface area contributed by atoms with Crippen molar-refractivity contribution in [3.63, 3.8) is 0 Å². The van der Waals surface area contributed by atoms with Crippen molar-refractivity contribution in [2.24, 2.45) is 0 Å². The van der Waals surface area contributed by atoms with Crippen molar-refractivity contribution in [3.8, 4) is 11.5 Å². The molecule has 0 fully saturated rings. The van der Waals surface area contributed by atoms with Crippen molar-refractivity contribution in [3.05, 3.63) is 137 Å². The van der Waals surface area contributed by atoms with Gasteiger partial charge in [-0.15, -0.1) is 0 Å². The largest absolute Gasteiger partial charge is 0.487 e. The number of ether oxygens (including phenoxy) is 2. The average molecular weight is 590 g/mol. The van der Waals surface area contributed by atoms with Gasteiger partial charge in [0.1, 0.15) is 30.5 Å². The van der Waals surface area contributed by atoms with E-state index in [-0.39, 0.29) is 53.5 Å². The summed E-state index contributed by atoms with van der Waals surface area (Å²) in [6.45, 7) is 1.93. The Labute approximate surface area is 253 Å². The fourth-order valence-corrected chi connectivity index (χ4v) is 5.56. The molecule has 6 rings (SSSR count). The van der Waals surface area contributed by atoms with E-state index < -0.39 is 29.5 Å². The van der Waals surface area contributed by atoms with Crippen LogP contribution < -0.4 is 14.4 Å². The van der Waals surface area contributed by atoms with Gasteiger partial charge in [-0.1, -0.05) is 97.9 Å². The Morgan fingerprint density at radius 1 is 0.750 bits per heavy atom. The van der Waals surface area contributed by atoms with Gasteiger partial charge in [0.15, 0.2) is 0 Å². The minimum atomic E-state index is -1.16. The van der Waals surface area contributed by atoms with Crippen LogP contribution >= 0.6 is 0 Å². The summed E-state index contributed by atoms with van der Waals surface area (Å²) in [5, 5.41) is 10.7. The molecule has 1 aliphatic rings. The second-order valence-electron chi connectivity index (χ2n) is 10.5. The number of rotatable bonds is 10. The van der Waals surface area contributed by atoms with Crippen LogP contribution in [0.4, 0.5) is 10.1 Å². The van der Waals surface area contributed by atoms with Gasteiger partial charge in [-0.05, 0) is 29.7 Å². The summed E-state index contributed by atoms with van der Waals surface area (Å²) >= 11 is 0. The van der Waals surface area contributed by atoms with Gasteiger partial charge in [0.2, 0.25) is 0 Å². The Hall–Kier alpha value is -5.50. The first-order valence-electron chi connectivity index (χ1n) is 14.2. The number of halogens is 1. The molecule has 7 nitrogen and oxygen atoms in total. The lowest BCUT2D eigenvalue weighted by atomic mass is 9.96. The second kappa shape index (κ2) is 12.0. The number of anilines is 1. The number of carbonyl (C=O) groups is 3. The molecule has 1 atom stereocenters. The summed E-state index contributed by atoms with van der Waals surface area (Å²) in [4.78, 5) is 40.9. The Kier molecular flexibility index (Phi) is 7.81. The number of imide groups is 1. The van der Waals surface area contributed by atoms with Gasteiger partial charge in [-0.3, -0.25) is 14.4 Å². The highest BCUT2D eigenvalue weighted by atomic mass is 19.1. The number of hydrogen-bond donors (Lipinski definition) is 1. The van der Waals surface area contributed by atoms with E-state index in [1.165, 1.54) is 12.1 Å². The molecule has 0 aliphatic carbocycles. The van der Waals surface area contributed by atoms with Crippen LogP contribution in [-0.4, -0.2) is 22.9 Å². The summed E-state index contributed by atoms with van der Waals surface area (Å²) in [6.07, 6.45) is 0.176. The molecule has 1 unspecified atom stereocenters. The lowest BCUT2D eigenvalue weighted by Crippen LogP contribution is -2.29. The summed E-state index contributed by atoms with van der Waals surface area (Å²) < 4.78 is 27.9. The number of carboxylic acids is 1. The van der Waals surface area contributed by atoms with Crippen LogP contribution in [0.1, 0.15) is 56.7 Å². The van der Waals surface area contributed by atoms with E-state index in [9.17, 15) is 19.5 Å². The number of hydrogen-bond acceptors (Lipinski definition) is 5. The van der Waals surface area contributed by atoms with Gasteiger partial charge in [0.05, 0.1) is 22.7 Å². The molecule has 220 valence electrons. The third-order valence-electron chi connectivity index (χ3n) is 7.73. The topological polar surface area (TPSA) is 93.1 Å². The fourth-order valence-electron chi connectivity index (χ4n) is 5.56. The van der Waals surface area contributed by atoms with Crippen LogP contribution in [0.3, 0.4) is 0 Å². The standard InChI is InChI=1S/C36H28FNO6/c1-2-25(36(41)42)26-18-17-24(19-29(26)37)38-34(39)30-31(35(38)40)33(44-21-23-13-7-4-8-14-23)28-16-10-9-15-27(28)32(30)43-20-22-11-5-3-6-12-22/h3-19,25H,2,20-21H2,1H3,(H,41,42). The highest BCUT2D eigenvalue weighted by Gasteiger charge is 2.44. The van der Waals surface area contributed by atoms with Crippen molar-refractivity contribution in [2.75, 3.05) is 4.90 Å². The van der Waals surface area contributed by atoms with Gasteiger partial charge in [-0.2, -0.15) is 0 Å². The van der Waals surface area contributed by atoms with E-state index in [0.717, 1.165) is 22.1 Å². The summed E-state index contributed by atoms with van der Waals surface area (Å²) in [5.41, 5.74) is 1.73. The third kappa shape index (κ3) is 5.15. The molecule has 2 amide bonds. The Morgan fingerprint density at radius 3 is 1.66 bits per heavy atom. The molecule has 1 N–H and O–H groups in total. The predicted molar refractivity (Wildman–Crippen MR) is 164 cm³/mol. The first-order chi connectivity index (χ1) is 21.4. The van der Waals surface area contributed by atoms with E-state index in [1.807, 2.05) is 72.8 Å². The quantitative estimate of drug-likeness (QED) is 0.170. The van der Waals surface area contributed by atoms with Crippen LogP contribution in [0.2, 0.25) is 0 Å². The molecule has 8 heteroatoms. The van der Waals surface area contributed by atoms with E-state index in [1.54, 1.807) is 19.1 Å². The Morgan fingerprint density at radius 2 is 1.23 bits per heavy atom. The molecule has 0 aromatic heterocycles. The number of carboxylic acid groups (broad SMARTS) is 1. The van der Waals surface area contributed by atoms with Crippen LogP contribution in [0.5, 0.6) is 11.5 Å². The highest BCUT2D eigenvalue weighted by molar-refractivity contribution is 6.38. The highest BCUT2D eigenvalue weighted by Crippen LogP contribution is 2.46. The molecule has 0 radical (unpaired) electrons. The number of amides is 2. The average Bonchev–Trinajstić information content (AvgIpc) is 3.30. The summed E-state index contributed by atoms with van der Waals surface area (Å²) in [7, 11) is 0. The van der Waals surface area contributed by atoms with Crippen molar-refractivity contribution in [2.45, 2.75) is 32.5 Å².